The lowest BCUT2D eigenvalue weighted by Gasteiger charge is -2.35. The van der Waals surface area contributed by atoms with Gasteiger partial charge in [-0.1, -0.05) is 20.3 Å². The fourth-order valence-electron chi connectivity index (χ4n) is 1.68. The molecule has 1 N–H and O–H groups in total. The quantitative estimate of drug-likeness (QED) is 0.713. The third kappa shape index (κ3) is 2.36. The second kappa shape index (κ2) is 4.49. The zero-order chi connectivity index (χ0) is 9.84. The van der Waals surface area contributed by atoms with Gasteiger partial charge in [-0.2, -0.15) is 0 Å². The highest BCUT2D eigenvalue weighted by Crippen LogP contribution is 2.16. The molecule has 13 heavy (non-hydrogen) atoms. The monoisotopic (exact) mass is 184 g/mol. The minimum atomic E-state index is 0.110. The van der Waals surface area contributed by atoms with E-state index in [2.05, 4.69) is 26.1 Å². The van der Waals surface area contributed by atoms with Crippen LogP contribution in [0.1, 0.15) is 33.6 Å². The van der Waals surface area contributed by atoms with Crippen LogP contribution in [0.5, 0.6) is 0 Å². The lowest BCUT2D eigenvalue weighted by atomic mass is 9.99. The number of rotatable bonds is 3. The molecule has 0 aromatic rings. The third-order valence-electron chi connectivity index (χ3n) is 3.07. The van der Waals surface area contributed by atoms with Gasteiger partial charge in [0.05, 0.1) is 0 Å². The predicted molar refractivity (Wildman–Crippen MR) is 53.6 cm³/mol. The van der Waals surface area contributed by atoms with Crippen LogP contribution in [-0.2, 0) is 0 Å². The Hall–Kier alpha value is -0.730. The largest absolute Gasteiger partial charge is 0.338 e. The molecule has 2 amide bonds. The molecule has 1 rings (SSSR count). The molecule has 0 aromatic carbocycles. The average molecular weight is 184 g/mol. The highest BCUT2D eigenvalue weighted by atomic mass is 16.2. The van der Waals surface area contributed by atoms with Crippen LogP contribution in [-0.4, -0.2) is 30.1 Å². The van der Waals surface area contributed by atoms with Crippen molar-refractivity contribution in [2.75, 3.05) is 13.1 Å². The minimum absolute atomic E-state index is 0.110. The van der Waals surface area contributed by atoms with Gasteiger partial charge in [-0.05, 0) is 19.3 Å². The Balaban J connectivity index is 2.53. The zero-order valence-electron chi connectivity index (χ0n) is 8.84. The highest BCUT2D eigenvalue weighted by molar-refractivity contribution is 5.75. The molecule has 0 spiro atoms. The van der Waals surface area contributed by atoms with E-state index in [-0.39, 0.29) is 6.03 Å². The second-order valence-electron chi connectivity index (χ2n) is 3.91. The molecule has 1 aliphatic heterocycles. The van der Waals surface area contributed by atoms with E-state index in [1.54, 1.807) is 0 Å². The minimum Gasteiger partial charge on any atom is -0.338 e. The summed E-state index contributed by atoms with van der Waals surface area (Å²) in [5.74, 6) is 0.587. The normalized spacial score (nSPS) is 22.4. The lowest BCUT2D eigenvalue weighted by molar-refractivity contribution is 0.144. The average Bonchev–Trinajstić information content (AvgIpc) is 2.16. The van der Waals surface area contributed by atoms with E-state index in [0.717, 1.165) is 25.9 Å². The van der Waals surface area contributed by atoms with Crippen molar-refractivity contribution in [1.29, 1.82) is 0 Å². The van der Waals surface area contributed by atoms with Crippen molar-refractivity contribution >= 4 is 6.03 Å². The Morgan fingerprint density at radius 2 is 2.23 bits per heavy atom. The van der Waals surface area contributed by atoms with Crippen LogP contribution < -0.4 is 5.32 Å². The first kappa shape index (κ1) is 10.4. The fourth-order valence-corrected chi connectivity index (χ4v) is 1.68. The van der Waals surface area contributed by atoms with Gasteiger partial charge in [0, 0.05) is 19.1 Å². The maximum absolute atomic E-state index is 11.5. The van der Waals surface area contributed by atoms with Gasteiger partial charge in [-0.3, -0.25) is 0 Å². The summed E-state index contributed by atoms with van der Waals surface area (Å²) in [6.45, 7) is 8.26. The number of nitrogens with one attached hydrogen (secondary N) is 1. The van der Waals surface area contributed by atoms with E-state index < -0.39 is 0 Å². The molecule has 1 aliphatic rings. The van der Waals surface area contributed by atoms with Gasteiger partial charge in [0.2, 0.25) is 0 Å². The predicted octanol–water partition coefficient (Wildman–Crippen LogP) is 1.84. The van der Waals surface area contributed by atoms with Crippen molar-refractivity contribution in [3.8, 4) is 0 Å². The van der Waals surface area contributed by atoms with Gasteiger partial charge in [0.1, 0.15) is 0 Å². The summed E-state index contributed by atoms with van der Waals surface area (Å²) in [5, 5.41) is 2.88. The summed E-state index contributed by atoms with van der Waals surface area (Å²) in [6, 6.07) is 0.476. The number of nitrogens with zero attached hydrogens (tertiary/aromatic N) is 1. The van der Waals surface area contributed by atoms with Crippen molar-refractivity contribution < 1.29 is 4.79 Å². The Morgan fingerprint density at radius 1 is 1.54 bits per heavy atom. The summed E-state index contributed by atoms with van der Waals surface area (Å²) in [7, 11) is 0. The van der Waals surface area contributed by atoms with E-state index in [9.17, 15) is 4.79 Å². The molecular weight excluding hydrogens is 164 g/mol. The first-order chi connectivity index (χ1) is 6.16. The van der Waals surface area contributed by atoms with Crippen LogP contribution in [0, 0.1) is 5.92 Å². The Bertz CT molecular complexity index is 182. The smallest absolute Gasteiger partial charge is 0.317 e. The molecule has 76 valence electrons. The zero-order valence-corrected chi connectivity index (χ0v) is 8.84. The summed E-state index contributed by atoms with van der Waals surface area (Å²) in [5.41, 5.74) is 0. The van der Waals surface area contributed by atoms with E-state index in [4.69, 9.17) is 0 Å². The van der Waals surface area contributed by atoms with Crippen LogP contribution in [0.2, 0.25) is 0 Å². The molecule has 1 heterocycles. The SMILES string of the molecule is CCC(C)C(C)N1CCCNC1=O. The second-order valence-corrected chi connectivity index (χ2v) is 3.91. The molecule has 0 saturated carbocycles. The van der Waals surface area contributed by atoms with Crippen molar-refractivity contribution in [3.05, 3.63) is 0 Å². The van der Waals surface area contributed by atoms with Crippen molar-refractivity contribution in [3.63, 3.8) is 0 Å². The van der Waals surface area contributed by atoms with Crippen LogP contribution in [0.15, 0.2) is 0 Å². The van der Waals surface area contributed by atoms with Crippen LogP contribution in [0.4, 0.5) is 4.79 Å². The lowest BCUT2D eigenvalue weighted by Crippen LogP contribution is -2.52. The van der Waals surface area contributed by atoms with Crippen molar-refractivity contribution in [2.45, 2.75) is 39.7 Å². The van der Waals surface area contributed by atoms with Gasteiger partial charge in [-0.15, -0.1) is 0 Å². The maximum Gasteiger partial charge on any atom is 0.317 e. The summed E-state index contributed by atoms with van der Waals surface area (Å²) < 4.78 is 0. The molecule has 3 nitrogen and oxygen atoms in total. The number of hydrogen-bond acceptors (Lipinski definition) is 1. The fraction of sp³-hybridized carbons (Fsp3) is 0.900. The molecule has 1 saturated heterocycles. The van der Waals surface area contributed by atoms with E-state index in [1.165, 1.54) is 0 Å². The molecule has 3 heteroatoms. The Labute approximate surface area is 80.5 Å². The Kier molecular flexibility index (Phi) is 3.58. The van der Waals surface area contributed by atoms with Crippen LogP contribution in [0.3, 0.4) is 0 Å². The van der Waals surface area contributed by atoms with Crippen LogP contribution in [0.25, 0.3) is 0 Å². The maximum atomic E-state index is 11.5. The van der Waals surface area contributed by atoms with Gasteiger partial charge >= 0.3 is 6.03 Å². The van der Waals surface area contributed by atoms with Gasteiger partial charge in [0.15, 0.2) is 0 Å². The molecule has 0 radical (unpaired) electrons. The first-order valence-electron chi connectivity index (χ1n) is 5.21. The molecule has 2 atom stereocenters. The third-order valence-corrected chi connectivity index (χ3v) is 3.07. The summed E-state index contributed by atoms with van der Waals surface area (Å²) >= 11 is 0. The van der Waals surface area contributed by atoms with Gasteiger partial charge in [0.25, 0.3) is 0 Å². The Morgan fingerprint density at radius 3 is 2.77 bits per heavy atom. The number of hydrogen-bond donors (Lipinski definition) is 1. The molecule has 0 aliphatic carbocycles. The van der Waals surface area contributed by atoms with Crippen molar-refractivity contribution in [2.24, 2.45) is 5.92 Å². The molecule has 1 fully saturated rings. The number of carbonyl (C=O) groups excluding carboxylic acids is 1. The highest BCUT2D eigenvalue weighted by Gasteiger charge is 2.25. The first-order valence-corrected chi connectivity index (χ1v) is 5.21. The van der Waals surface area contributed by atoms with Crippen LogP contribution >= 0.6 is 0 Å². The number of carbonyl (C=O) groups is 1. The van der Waals surface area contributed by atoms with E-state index >= 15 is 0 Å². The topological polar surface area (TPSA) is 32.3 Å². The van der Waals surface area contributed by atoms with E-state index in [1.807, 2.05) is 4.90 Å². The molecule has 0 aromatic heterocycles. The van der Waals surface area contributed by atoms with E-state index in [0.29, 0.717) is 12.0 Å². The van der Waals surface area contributed by atoms with Gasteiger partial charge in [-0.25, -0.2) is 4.79 Å². The van der Waals surface area contributed by atoms with Crippen molar-refractivity contribution in [1.82, 2.24) is 10.2 Å². The molecular formula is C10H20N2O. The number of urea groups is 1. The molecule has 2 unspecified atom stereocenters. The number of amides is 2. The summed E-state index contributed by atoms with van der Waals surface area (Å²) in [6.07, 6.45) is 2.21. The van der Waals surface area contributed by atoms with Gasteiger partial charge < -0.3 is 10.2 Å². The summed E-state index contributed by atoms with van der Waals surface area (Å²) in [4.78, 5) is 13.4. The molecule has 0 bridgehead atoms. The standard InChI is InChI=1S/C10H20N2O/c1-4-8(2)9(3)12-7-5-6-11-10(12)13/h8-9H,4-7H2,1-3H3,(H,11,13).